The number of pyridine rings is 1. The van der Waals surface area contributed by atoms with Gasteiger partial charge in [0.1, 0.15) is 11.4 Å². The van der Waals surface area contributed by atoms with Gasteiger partial charge >= 0.3 is 0 Å². The summed E-state index contributed by atoms with van der Waals surface area (Å²) in [5.74, 6) is 0.576. The Morgan fingerprint density at radius 2 is 2.19 bits per heavy atom. The van der Waals surface area contributed by atoms with Crippen molar-refractivity contribution in [2.75, 3.05) is 13.1 Å². The minimum atomic E-state index is -0.0222. The summed E-state index contributed by atoms with van der Waals surface area (Å²) in [5.41, 5.74) is 9.38. The molecule has 0 spiro atoms. The molecule has 1 aliphatic heterocycles. The molecule has 0 unspecified atom stereocenters. The first-order chi connectivity index (χ1) is 12.6. The zero-order valence-electron chi connectivity index (χ0n) is 14.4. The van der Waals surface area contributed by atoms with Crippen LogP contribution in [0.25, 0.3) is 0 Å². The molecule has 134 valence electrons. The lowest BCUT2D eigenvalue weighted by Gasteiger charge is -2.30. The number of hydrogen-bond donors (Lipinski definition) is 1. The van der Waals surface area contributed by atoms with Crippen molar-refractivity contribution in [3.05, 3.63) is 51.8 Å². The summed E-state index contributed by atoms with van der Waals surface area (Å²) >= 11 is 7.20. The van der Waals surface area contributed by atoms with E-state index in [0.717, 1.165) is 53.4 Å². The van der Waals surface area contributed by atoms with Gasteiger partial charge in [0.25, 0.3) is 5.91 Å². The third-order valence-electron chi connectivity index (χ3n) is 4.85. The number of amides is 1. The zero-order chi connectivity index (χ0) is 18.3. The van der Waals surface area contributed by atoms with Crippen LogP contribution in [0.1, 0.15) is 39.3 Å². The molecule has 2 aliphatic rings. The van der Waals surface area contributed by atoms with Crippen LogP contribution in [0.5, 0.6) is 10.8 Å². The number of allylic oxidation sites excluding steroid dienone is 1. The van der Waals surface area contributed by atoms with Crippen LogP contribution in [-0.4, -0.2) is 33.7 Å². The second kappa shape index (κ2) is 6.81. The summed E-state index contributed by atoms with van der Waals surface area (Å²) in [4.78, 5) is 20.2. The molecule has 2 aromatic heterocycles. The molecule has 0 aromatic carbocycles. The third-order valence-corrected chi connectivity index (χ3v) is 6.34. The molecule has 7 heteroatoms. The van der Waals surface area contributed by atoms with Crippen molar-refractivity contribution in [1.29, 1.82) is 0 Å². The predicted molar refractivity (Wildman–Crippen MR) is 106 cm³/mol. The Labute approximate surface area is 161 Å². The van der Waals surface area contributed by atoms with E-state index < -0.39 is 0 Å². The molecule has 0 radical (unpaired) electrons. The fraction of sp³-hybridized carbons (Fsp3) is 0.316. The molecule has 1 fully saturated rings. The fourth-order valence-electron chi connectivity index (χ4n) is 3.20. The summed E-state index contributed by atoms with van der Waals surface area (Å²) in [6.45, 7) is 3.71. The number of aryl methyl sites for hydroxylation is 1. The van der Waals surface area contributed by atoms with Gasteiger partial charge in [-0.05, 0) is 55.7 Å². The minimum absolute atomic E-state index is 0.0222. The average molecular weight is 386 g/mol. The quantitative estimate of drug-likeness (QED) is 0.646. The first-order valence-electron chi connectivity index (χ1n) is 8.59. The Kier molecular flexibility index (Phi) is 4.50. The molecule has 1 amide bonds. The molecular weight excluding hydrogens is 366 g/mol. The van der Waals surface area contributed by atoms with E-state index in [4.69, 9.17) is 22.7 Å². The Balaban J connectivity index is 1.58. The number of nitrogens with zero attached hydrogens (tertiary/aromatic N) is 2. The van der Waals surface area contributed by atoms with Crippen LogP contribution in [-0.2, 0) is 6.42 Å². The number of thiocarbonyl (C=S) groups is 1. The van der Waals surface area contributed by atoms with E-state index in [1.807, 2.05) is 0 Å². The maximum absolute atomic E-state index is 12.2. The molecule has 0 saturated carbocycles. The highest BCUT2D eigenvalue weighted by Gasteiger charge is 2.27. The van der Waals surface area contributed by atoms with Crippen LogP contribution in [0.2, 0.25) is 0 Å². The highest BCUT2D eigenvalue weighted by molar-refractivity contribution is 7.81. The maximum atomic E-state index is 12.2. The molecule has 2 N–H and O–H groups in total. The first-order valence-corrected chi connectivity index (χ1v) is 9.82. The van der Waals surface area contributed by atoms with E-state index in [1.54, 1.807) is 40.8 Å². The van der Waals surface area contributed by atoms with Crippen LogP contribution in [0.15, 0.2) is 30.1 Å². The molecular formula is C19H19N3O2S2. The topological polar surface area (TPSA) is 68.5 Å². The van der Waals surface area contributed by atoms with Crippen molar-refractivity contribution in [3.63, 3.8) is 0 Å². The summed E-state index contributed by atoms with van der Waals surface area (Å²) < 4.78 is 6.07. The minimum Gasteiger partial charge on any atom is -0.444 e. The van der Waals surface area contributed by atoms with Crippen molar-refractivity contribution >= 4 is 34.3 Å². The van der Waals surface area contributed by atoms with Crippen LogP contribution in [0.4, 0.5) is 0 Å². The lowest BCUT2D eigenvalue weighted by molar-refractivity contribution is 0.0645. The second-order valence-corrected chi connectivity index (χ2v) is 8.04. The van der Waals surface area contributed by atoms with Crippen LogP contribution in [0, 0.1) is 6.92 Å². The lowest BCUT2D eigenvalue weighted by atomic mass is 9.90. The summed E-state index contributed by atoms with van der Waals surface area (Å²) in [6.07, 6.45) is 6.05. The van der Waals surface area contributed by atoms with Gasteiger partial charge in [0.05, 0.1) is 16.6 Å². The van der Waals surface area contributed by atoms with Crippen LogP contribution in [0.3, 0.4) is 0 Å². The number of rotatable bonds is 3. The van der Waals surface area contributed by atoms with Gasteiger partial charge in [-0.25, -0.2) is 4.98 Å². The normalized spacial score (nSPS) is 17.8. The first kappa shape index (κ1) is 17.2. The van der Waals surface area contributed by atoms with E-state index in [1.165, 1.54) is 10.4 Å². The summed E-state index contributed by atoms with van der Waals surface area (Å²) in [6, 6.07) is 3.50. The van der Waals surface area contributed by atoms with E-state index in [0.29, 0.717) is 11.4 Å². The van der Waals surface area contributed by atoms with E-state index >= 15 is 0 Å². The number of ether oxygens (including phenoxy) is 1. The molecule has 2 aromatic rings. The van der Waals surface area contributed by atoms with E-state index in [9.17, 15) is 4.79 Å². The predicted octanol–water partition coefficient (Wildman–Crippen LogP) is 3.60. The summed E-state index contributed by atoms with van der Waals surface area (Å²) in [5, 5.41) is 0.769. The monoisotopic (exact) mass is 385 g/mol. The van der Waals surface area contributed by atoms with Gasteiger partial charge in [-0.2, -0.15) is 0 Å². The zero-order valence-corrected chi connectivity index (χ0v) is 16.1. The number of thiophene rings is 1. The number of hydrogen-bond acceptors (Lipinski definition) is 6. The highest BCUT2D eigenvalue weighted by atomic mass is 32.1. The number of carbonyl (C=O) groups excluding carboxylic acids is 1. The molecule has 1 aliphatic carbocycles. The van der Waals surface area contributed by atoms with Crippen LogP contribution >= 0.6 is 23.6 Å². The standard InChI is InChI=1S/C19H19N3O2S2/c1-11-14-5-3-12(9-20)17(25)16(14)19(26-11)24-13-4-6-15(21-10-13)18(23)22-7-2-8-22/h4,6,9-10H,2-3,5,7-8,20H2,1H3. The Morgan fingerprint density at radius 3 is 2.81 bits per heavy atom. The van der Waals surface area contributed by atoms with Gasteiger partial charge in [0.2, 0.25) is 0 Å². The van der Waals surface area contributed by atoms with Gasteiger partial charge in [-0.3, -0.25) is 4.79 Å². The SMILES string of the molecule is Cc1sc(Oc2ccc(C(=O)N3CCC3)nc2)c2c1CCC(=CN)C2=S. The molecule has 5 nitrogen and oxygen atoms in total. The number of aromatic nitrogens is 1. The van der Waals surface area contributed by atoms with Crippen molar-refractivity contribution < 1.29 is 9.53 Å². The largest absolute Gasteiger partial charge is 0.444 e. The number of carbonyl (C=O) groups is 1. The third kappa shape index (κ3) is 2.91. The van der Waals surface area contributed by atoms with E-state index in [2.05, 4.69) is 11.9 Å². The summed E-state index contributed by atoms with van der Waals surface area (Å²) in [7, 11) is 0. The highest BCUT2D eigenvalue weighted by Crippen LogP contribution is 2.43. The molecule has 3 heterocycles. The average Bonchev–Trinajstić information content (AvgIpc) is 2.91. The maximum Gasteiger partial charge on any atom is 0.272 e. The smallest absolute Gasteiger partial charge is 0.272 e. The van der Waals surface area contributed by atoms with Gasteiger partial charge in [-0.15, -0.1) is 11.3 Å². The molecule has 26 heavy (non-hydrogen) atoms. The van der Waals surface area contributed by atoms with Gasteiger partial charge in [-0.1, -0.05) is 12.2 Å². The van der Waals surface area contributed by atoms with Gasteiger partial charge in [0.15, 0.2) is 5.06 Å². The Bertz CT molecular complexity index is 912. The number of likely N-dealkylation sites (tertiary alicyclic amines) is 1. The Hall–Kier alpha value is -2.25. The number of fused-ring (bicyclic) bond motifs is 1. The van der Waals surface area contributed by atoms with Crippen molar-refractivity contribution in [3.8, 4) is 10.8 Å². The molecule has 0 bridgehead atoms. The molecule has 1 saturated heterocycles. The van der Waals surface area contributed by atoms with Crippen LogP contribution < -0.4 is 10.5 Å². The molecule has 4 rings (SSSR count). The molecule has 0 atom stereocenters. The van der Waals surface area contributed by atoms with Crippen molar-refractivity contribution in [2.45, 2.75) is 26.2 Å². The Morgan fingerprint density at radius 1 is 1.38 bits per heavy atom. The van der Waals surface area contributed by atoms with E-state index in [-0.39, 0.29) is 5.91 Å². The lowest BCUT2D eigenvalue weighted by Crippen LogP contribution is -2.42. The van der Waals surface area contributed by atoms with Gasteiger partial charge < -0.3 is 15.4 Å². The second-order valence-electron chi connectivity index (χ2n) is 6.45. The van der Waals surface area contributed by atoms with Crippen molar-refractivity contribution in [1.82, 2.24) is 9.88 Å². The fourth-order valence-corrected chi connectivity index (χ4v) is 4.72. The van der Waals surface area contributed by atoms with Crippen molar-refractivity contribution in [2.24, 2.45) is 5.73 Å². The van der Waals surface area contributed by atoms with Gasteiger partial charge in [0, 0.05) is 18.0 Å². The number of nitrogens with two attached hydrogens (primary N) is 1.